The number of ether oxygens (including phenoxy) is 1. The van der Waals surface area contributed by atoms with Crippen LogP contribution in [-0.4, -0.2) is 57.8 Å². The van der Waals surface area contributed by atoms with Crippen molar-refractivity contribution in [1.29, 1.82) is 0 Å². The molecule has 0 radical (unpaired) electrons. The molecule has 1 aromatic carbocycles. The van der Waals surface area contributed by atoms with Crippen molar-refractivity contribution in [3.63, 3.8) is 0 Å². The van der Waals surface area contributed by atoms with Gasteiger partial charge >= 0.3 is 0 Å². The smallest absolute Gasteiger partial charge is 0.260 e. The van der Waals surface area contributed by atoms with Gasteiger partial charge in [-0.05, 0) is 61.6 Å². The lowest BCUT2D eigenvalue weighted by molar-refractivity contribution is 0.102. The fourth-order valence-corrected chi connectivity index (χ4v) is 6.42. The van der Waals surface area contributed by atoms with E-state index in [1.807, 2.05) is 25.1 Å². The third-order valence-corrected chi connectivity index (χ3v) is 8.83. The summed E-state index contributed by atoms with van der Waals surface area (Å²) in [4.78, 5) is 17.9. The number of amides is 1. The number of sulfonamides is 1. The van der Waals surface area contributed by atoms with Crippen LogP contribution in [0.3, 0.4) is 0 Å². The molecule has 11 heteroatoms. The quantitative estimate of drug-likeness (QED) is 0.518. The number of hydrogen-bond donors (Lipinski definition) is 1. The third-order valence-electron chi connectivity index (χ3n) is 6.81. The number of nitrogens with one attached hydrogen (secondary N) is 1. The lowest BCUT2D eigenvalue weighted by atomic mass is 9.97. The van der Waals surface area contributed by atoms with Crippen molar-refractivity contribution in [2.45, 2.75) is 52.1 Å². The van der Waals surface area contributed by atoms with Crippen molar-refractivity contribution in [2.24, 2.45) is 0 Å². The van der Waals surface area contributed by atoms with Gasteiger partial charge in [-0.25, -0.2) is 13.4 Å². The summed E-state index contributed by atoms with van der Waals surface area (Å²) < 4.78 is 34.3. The van der Waals surface area contributed by atoms with E-state index in [9.17, 15) is 13.2 Å². The molecule has 0 aliphatic carbocycles. The normalized spacial score (nSPS) is 17.5. The number of pyridine rings is 1. The first-order valence-electron chi connectivity index (χ1n) is 12.2. The van der Waals surface area contributed by atoms with Gasteiger partial charge in [0.05, 0.1) is 18.4 Å². The zero-order valence-corrected chi connectivity index (χ0v) is 21.5. The molecule has 1 atom stereocenters. The fourth-order valence-electron chi connectivity index (χ4n) is 4.94. The number of rotatable bonds is 7. The molecule has 3 aromatic rings. The second kappa shape index (κ2) is 9.62. The Morgan fingerprint density at radius 3 is 2.81 bits per heavy atom. The number of nitrogens with zero attached hydrogens (tertiary/aromatic N) is 5. The predicted molar refractivity (Wildman–Crippen MR) is 135 cm³/mol. The van der Waals surface area contributed by atoms with Gasteiger partial charge in [-0.1, -0.05) is 13.0 Å². The molecule has 2 aliphatic heterocycles. The van der Waals surface area contributed by atoms with E-state index in [0.717, 1.165) is 29.8 Å². The van der Waals surface area contributed by atoms with E-state index in [-0.39, 0.29) is 18.2 Å². The molecule has 36 heavy (non-hydrogen) atoms. The SMILES string of the molecule is CCCS(=O)(=O)N1CCc2cc(OC)c(C(=O)Nc3cccc(-c4nnc5n4[C@H](C)CC5)n3)cc2C1. The molecule has 1 amide bonds. The summed E-state index contributed by atoms with van der Waals surface area (Å²) in [5.74, 6) is 2.19. The average molecular weight is 511 g/mol. The highest BCUT2D eigenvalue weighted by atomic mass is 32.2. The molecule has 1 N–H and O–H groups in total. The number of methoxy groups -OCH3 is 1. The van der Waals surface area contributed by atoms with Crippen LogP contribution < -0.4 is 10.1 Å². The Hall–Kier alpha value is -3.31. The fraction of sp³-hybridized carbons (Fsp3) is 0.440. The van der Waals surface area contributed by atoms with Crippen LogP contribution in [0.2, 0.25) is 0 Å². The Kier molecular flexibility index (Phi) is 6.52. The van der Waals surface area contributed by atoms with Gasteiger partial charge in [0.15, 0.2) is 5.82 Å². The molecule has 190 valence electrons. The van der Waals surface area contributed by atoms with Gasteiger partial charge in [0.25, 0.3) is 5.91 Å². The van der Waals surface area contributed by atoms with Crippen LogP contribution in [0.5, 0.6) is 5.75 Å². The van der Waals surface area contributed by atoms with E-state index in [4.69, 9.17) is 4.74 Å². The molecule has 0 unspecified atom stereocenters. The van der Waals surface area contributed by atoms with Crippen LogP contribution >= 0.6 is 0 Å². The van der Waals surface area contributed by atoms with Crippen molar-refractivity contribution in [1.82, 2.24) is 24.1 Å². The summed E-state index contributed by atoms with van der Waals surface area (Å²) in [5, 5.41) is 11.5. The average Bonchev–Trinajstić information content (AvgIpc) is 3.46. The van der Waals surface area contributed by atoms with Crippen LogP contribution in [0.4, 0.5) is 5.82 Å². The highest BCUT2D eigenvalue weighted by Gasteiger charge is 2.28. The van der Waals surface area contributed by atoms with Crippen molar-refractivity contribution in [2.75, 3.05) is 24.7 Å². The number of fused-ring (bicyclic) bond motifs is 2. The highest BCUT2D eigenvalue weighted by Crippen LogP contribution is 2.31. The topological polar surface area (TPSA) is 119 Å². The Morgan fingerprint density at radius 1 is 1.19 bits per heavy atom. The van der Waals surface area contributed by atoms with Gasteiger partial charge in [0, 0.05) is 25.6 Å². The number of anilines is 1. The predicted octanol–water partition coefficient (Wildman–Crippen LogP) is 3.21. The lowest BCUT2D eigenvalue weighted by Gasteiger charge is -2.29. The molecule has 0 saturated carbocycles. The number of carbonyl (C=O) groups excluding carboxylic acids is 1. The van der Waals surface area contributed by atoms with E-state index in [1.54, 1.807) is 12.1 Å². The summed E-state index contributed by atoms with van der Waals surface area (Å²) >= 11 is 0. The number of aromatic nitrogens is 4. The maximum atomic E-state index is 13.3. The minimum Gasteiger partial charge on any atom is -0.496 e. The molecule has 0 bridgehead atoms. The monoisotopic (exact) mass is 510 g/mol. The van der Waals surface area contributed by atoms with Gasteiger partial charge in [-0.2, -0.15) is 4.31 Å². The van der Waals surface area contributed by atoms with Crippen LogP contribution in [-0.2, 0) is 29.4 Å². The minimum absolute atomic E-state index is 0.113. The second-order valence-electron chi connectivity index (χ2n) is 9.28. The van der Waals surface area contributed by atoms with Gasteiger partial charge < -0.3 is 14.6 Å². The summed E-state index contributed by atoms with van der Waals surface area (Å²) in [7, 11) is -1.81. The maximum Gasteiger partial charge on any atom is 0.260 e. The summed E-state index contributed by atoms with van der Waals surface area (Å²) in [5.41, 5.74) is 2.76. The van der Waals surface area contributed by atoms with Gasteiger partial charge in [0.2, 0.25) is 10.0 Å². The maximum absolute atomic E-state index is 13.3. The van der Waals surface area contributed by atoms with E-state index < -0.39 is 10.0 Å². The molecule has 2 aromatic heterocycles. The zero-order valence-electron chi connectivity index (χ0n) is 20.7. The minimum atomic E-state index is -3.33. The first-order valence-corrected chi connectivity index (χ1v) is 13.8. The van der Waals surface area contributed by atoms with Gasteiger partial charge in [0.1, 0.15) is 23.1 Å². The Balaban J connectivity index is 1.41. The van der Waals surface area contributed by atoms with Crippen LogP contribution in [0.15, 0.2) is 30.3 Å². The summed E-state index contributed by atoms with van der Waals surface area (Å²) in [6.07, 6.45) is 3.04. The molecular weight excluding hydrogens is 480 g/mol. The van der Waals surface area contributed by atoms with Gasteiger partial charge in [-0.3, -0.25) is 4.79 Å². The highest BCUT2D eigenvalue weighted by molar-refractivity contribution is 7.89. The number of aryl methyl sites for hydroxylation is 1. The van der Waals surface area contributed by atoms with Crippen LogP contribution in [0, 0.1) is 0 Å². The number of benzene rings is 1. The first kappa shape index (κ1) is 24.4. The van der Waals surface area contributed by atoms with Crippen molar-refractivity contribution in [3.05, 3.63) is 52.8 Å². The van der Waals surface area contributed by atoms with Gasteiger partial charge in [-0.15, -0.1) is 10.2 Å². The largest absolute Gasteiger partial charge is 0.496 e. The van der Waals surface area contributed by atoms with E-state index in [1.165, 1.54) is 11.4 Å². The Bertz CT molecular complexity index is 1420. The summed E-state index contributed by atoms with van der Waals surface area (Å²) in [6.45, 7) is 4.65. The Labute approximate surface area is 210 Å². The molecule has 0 spiro atoms. The van der Waals surface area contributed by atoms with Crippen molar-refractivity contribution >= 4 is 21.7 Å². The molecule has 10 nitrogen and oxygen atoms in total. The third kappa shape index (κ3) is 4.48. The molecular formula is C25H30N6O4S. The van der Waals surface area contributed by atoms with Crippen LogP contribution in [0.25, 0.3) is 11.5 Å². The lowest BCUT2D eigenvalue weighted by Crippen LogP contribution is -2.37. The summed E-state index contributed by atoms with van der Waals surface area (Å²) in [6, 6.07) is 9.25. The first-order chi connectivity index (χ1) is 17.3. The molecule has 4 heterocycles. The van der Waals surface area contributed by atoms with Crippen molar-refractivity contribution < 1.29 is 17.9 Å². The van der Waals surface area contributed by atoms with Crippen LogP contribution in [0.1, 0.15) is 60.0 Å². The van der Waals surface area contributed by atoms with E-state index in [2.05, 4.69) is 32.0 Å². The molecule has 0 saturated heterocycles. The number of carbonyl (C=O) groups is 1. The second-order valence-corrected chi connectivity index (χ2v) is 11.4. The molecule has 0 fully saturated rings. The molecule has 5 rings (SSSR count). The Morgan fingerprint density at radius 2 is 2.03 bits per heavy atom. The van der Waals surface area contributed by atoms with E-state index in [0.29, 0.717) is 54.1 Å². The number of hydrogen-bond acceptors (Lipinski definition) is 7. The molecule has 2 aliphatic rings. The zero-order chi connectivity index (χ0) is 25.4. The van der Waals surface area contributed by atoms with Crippen molar-refractivity contribution in [3.8, 4) is 17.3 Å². The standard InChI is InChI=1S/C25H30N6O4S/c1-4-12-36(33,34)30-11-10-17-14-21(35-3)19(13-18(17)15-30)25(32)27-22-7-5-6-20(26-22)24-29-28-23-9-8-16(2)31(23)24/h5-7,13-14,16H,4,8-12,15H2,1-3H3,(H,26,27,32)/t16-/m1/s1. The van der Waals surface area contributed by atoms with E-state index >= 15 is 0 Å².